The van der Waals surface area contributed by atoms with Gasteiger partial charge >= 0.3 is 0 Å². The Bertz CT molecular complexity index is 756. The first-order chi connectivity index (χ1) is 9.88. The van der Waals surface area contributed by atoms with E-state index in [1.54, 1.807) is 24.4 Å². The summed E-state index contributed by atoms with van der Waals surface area (Å²) in [4.78, 5) is 4.57. The number of pyridine rings is 1. The van der Waals surface area contributed by atoms with Crippen molar-refractivity contribution in [2.24, 2.45) is 5.73 Å². The summed E-state index contributed by atoms with van der Waals surface area (Å²) < 4.78 is 28.3. The maximum Gasteiger partial charge on any atom is 0.175 e. The minimum Gasteiger partial charge on any atom is -0.489 e. The van der Waals surface area contributed by atoms with Crippen LogP contribution in [0.4, 0.5) is 0 Å². The number of ether oxygens (including phenoxy) is 1. The molecule has 1 aromatic carbocycles. The number of hydrogen-bond acceptors (Lipinski definition) is 5. The van der Waals surface area contributed by atoms with Crippen molar-refractivity contribution in [2.75, 3.05) is 6.26 Å². The van der Waals surface area contributed by atoms with Crippen LogP contribution in [0, 0.1) is 0 Å². The molecular weight excluding hydrogens is 308 g/mol. The highest BCUT2D eigenvalue weighted by Crippen LogP contribution is 2.17. The van der Waals surface area contributed by atoms with Crippen LogP contribution in [0.1, 0.15) is 11.3 Å². The minimum absolute atomic E-state index is 0.210. The van der Waals surface area contributed by atoms with Crippen LogP contribution in [0.3, 0.4) is 0 Å². The largest absolute Gasteiger partial charge is 0.489 e. The fraction of sp³-hybridized carbons (Fsp3) is 0.143. The van der Waals surface area contributed by atoms with Gasteiger partial charge in [0, 0.05) is 18.0 Å². The van der Waals surface area contributed by atoms with E-state index in [1.165, 1.54) is 12.1 Å². The molecule has 0 aliphatic heterocycles. The first kappa shape index (κ1) is 15.4. The number of aromatic nitrogens is 1. The van der Waals surface area contributed by atoms with E-state index in [0.29, 0.717) is 11.4 Å². The summed E-state index contributed by atoms with van der Waals surface area (Å²) in [6.45, 7) is 0.249. The Morgan fingerprint density at radius 2 is 1.95 bits per heavy atom. The molecular formula is C14H14N2O3S2. The molecule has 0 aliphatic carbocycles. The molecule has 0 saturated heterocycles. The van der Waals surface area contributed by atoms with Crippen LogP contribution >= 0.6 is 12.2 Å². The van der Waals surface area contributed by atoms with Gasteiger partial charge in [0.05, 0.1) is 4.90 Å². The molecule has 0 saturated carbocycles. The average molecular weight is 322 g/mol. The van der Waals surface area contributed by atoms with Gasteiger partial charge in [0.2, 0.25) is 0 Å². The summed E-state index contributed by atoms with van der Waals surface area (Å²) >= 11 is 4.93. The fourth-order valence-electron chi connectivity index (χ4n) is 1.72. The van der Waals surface area contributed by atoms with E-state index in [2.05, 4.69) is 4.98 Å². The Hall–Kier alpha value is -1.99. The standard InChI is InChI=1S/C14H14N2O3S2/c1-21(17,18)12-6-4-11(5-7-12)19-9-10-3-2-8-16-13(10)14(15)20/h2-8H,9H2,1H3,(H2,15,20). The molecule has 1 aromatic heterocycles. The smallest absolute Gasteiger partial charge is 0.175 e. The number of rotatable bonds is 5. The lowest BCUT2D eigenvalue weighted by molar-refractivity contribution is 0.305. The van der Waals surface area contributed by atoms with Crippen molar-refractivity contribution >= 4 is 27.0 Å². The fourth-order valence-corrected chi connectivity index (χ4v) is 2.54. The van der Waals surface area contributed by atoms with Crippen molar-refractivity contribution in [3.8, 4) is 5.75 Å². The van der Waals surface area contributed by atoms with Gasteiger partial charge in [-0.25, -0.2) is 8.42 Å². The maximum absolute atomic E-state index is 11.4. The summed E-state index contributed by atoms with van der Waals surface area (Å²) in [6.07, 6.45) is 2.77. The van der Waals surface area contributed by atoms with Gasteiger partial charge in [0.25, 0.3) is 0 Å². The first-order valence-corrected chi connectivity index (χ1v) is 8.34. The maximum atomic E-state index is 11.4. The zero-order valence-corrected chi connectivity index (χ0v) is 12.9. The number of benzene rings is 1. The Labute approximate surface area is 128 Å². The van der Waals surface area contributed by atoms with Crippen LogP contribution in [0.25, 0.3) is 0 Å². The Morgan fingerprint density at radius 3 is 2.52 bits per heavy atom. The monoisotopic (exact) mass is 322 g/mol. The summed E-state index contributed by atoms with van der Waals surface area (Å²) in [5, 5.41) is 0. The van der Waals surface area contributed by atoms with Gasteiger partial charge in [0.15, 0.2) is 9.84 Å². The van der Waals surface area contributed by atoms with Crippen molar-refractivity contribution in [3.63, 3.8) is 0 Å². The van der Waals surface area contributed by atoms with Crippen LogP contribution < -0.4 is 10.5 Å². The zero-order chi connectivity index (χ0) is 15.5. The van der Waals surface area contributed by atoms with Crippen LogP contribution in [-0.2, 0) is 16.4 Å². The molecule has 0 spiro atoms. The van der Waals surface area contributed by atoms with E-state index in [-0.39, 0.29) is 16.5 Å². The molecule has 21 heavy (non-hydrogen) atoms. The summed E-state index contributed by atoms with van der Waals surface area (Å²) in [5.41, 5.74) is 6.90. The molecule has 7 heteroatoms. The SMILES string of the molecule is CS(=O)(=O)c1ccc(OCc2cccnc2C(N)=S)cc1. The quantitative estimate of drug-likeness (QED) is 0.844. The highest BCUT2D eigenvalue weighted by Gasteiger charge is 2.08. The van der Waals surface area contributed by atoms with Crippen LogP contribution in [0.15, 0.2) is 47.5 Å². The van der Waals surface area contributed by atoms with Gasteiger partial charge in [0.1, 0.15) is 23.0 Å². The van der Waals surface area contributed by atoms with Crippen LogP contribution in [-0.4, -0.2) is 24.6 Å². The lowest BCUT2D eigenvalue weighted by atomic mass is 10.2. The van der Waals surface area contributed by atoms with Gasteiger partial charge in [-0.05, 0) is 30.3 Å². The number of nitrogens with two attached hydrogens (primary N) is 1. The van der Waals surface area contributed by atoms with Crippen molar-refractivity contribution in [3.05, 3.63) is 53.9 Å². The van der Waals surface area contributed by atoms with E-state index in [9.17, 15) is 8.42 Å². The molecule has 110 valence electrons. The summed E-state index contributed by atoms with van der Waals surface area (Å²) in [5.74, 6) is 0.556. The normalized spacial score (nSPS) is 11.1. The van der Waals surface area contributed by atoms with Crippen molar-refractivity contribution in [1.82, 2.24) is 4.98 Å². The number of nitrogens with zero attached hydrogens (tertiary/aromatic N) is 1. The second kappa shape index (κ2) is 6.19. The van der Waals surface area contributed by atoms with Crippen LogP contribution in [0.5, 0.6) is 5.75 Å². The van der Waals surface area contributed by atoms with E-state index in [1.807, 2.05) is 6.07 Å². The Morgan fingerprint density at radius 1 is 1.29 bits per heavy atom. The number of thiocarbonyl (C=S) groups is 1. The third-order valence-corrected chi connectivity index (χ3v) is 4.09. The second-order valence-corrected chi connectivity index (χ2v) is 6.86. The van der Waals surface area contributed by atoms with Gasteiger partial charge in [-0.2, -0.15) is 0 Å². The third-order valence-electron chi connectivity index (χ3n) is 2.77. The predicted octanol–water partition coefficient (Wildman–Crippen LogP) is 1.70. The molecule has 0 amide bonds. The van der Waals surface area contributed by atoms with Crippen molar-refractivity contribution in [2.45, 2.75) is 11.5 Å². The lowest BCUT2D eigenvalue weighted by Gasteiger charge is -2.09. The number of sulfone groups is 1. The molecule has 0 unspecified atom stereocenters. The topological polar surface area (TPSA) is 82.3 Å². The Kier molecular flexibility index (Phi) is 4.54. The molecule has 1 heterocycles. The lowest BCUT2D eigenvalue weighted by Crippen LogP contribution is -2.15. The minimum atomic E-state index is -3.20. The Balaban J connectivity index is 2.12. The summed E-state index contributed by atoms with van der Waals surface area (Å²) in [7, 11) is -3.20. The zero-order valence-electron chi connectivity index (χ0n) is 11.3. The second-order valence-electron chi connectivity index (χ2n) is 4.41. The van der Waals surface area contributed by atoms with E-state index in [0.717, 1.165) is 11.8 Å². The highest BCUT2D eigenvalue weighted by molar-refractivity contribution is 7.90. The molecule has 0 radical (unpaired) electrons. The summed E-state index contributed by atoms with van der Waals surface area (Å²) in [6, 6.07) is 9.81. The van der Waals surface area contributed by atoms with Crippen molar-refractivity contribution in [1.29, 1.82) is 0 Å². The molecule has 0 bridgehead atoms. The van der Waals surface area contributed by atoms with Crippen molar-refractivity contribution < 1.29 is 13.2 Å². The first-order valence-electron chi connectivity index (χ1n) is 6.04. The van der Waals surface area contributed by atoms with E-state index < -0.39 is 9.84 Å². The average Bonchev–Trinajstić information content (AvgIpc) is 2.45. The van der Waals surface area contributed by atoms with Gasteiger partial charge in [-0.3, -0.25) is 4.98 Å². The van der Waals surface area contributed by atoms with Crippen LogP contribution in [0.2, 0.25) is 0 Å². The molecule has 0 atom stereocenters. The van der Waals surface area contributed by atoms with Gasteiger partial charge in [-0.1, -0.05) is 18.3 Å². The highest BCUT2D eigenvalue weighted by atomic mass is 32.2. The van der Waals surface area contributed by atoms with E-state index >= 15 is 0 Å². The number of hydrogen-bond donors (Lipinski definition) is 1. The molecule has 2 N–H and O–H groups in total. The molecule has 5 nitrogen and oxygen atoms in total. The molecule has 2 aromatic rings. The van der Waals surface area contributed by atoms with E-state index in [4.69, 9.17) is 22.7 Å². The molecule has 0 fully saturated rings. The van der Waals surface area contributed by atoms with Gasteiger partial charge in [-0.15, -0.1) is 0 Å². The predicted molar refractivity (Wildman–Crippen MR) is 84.0 cm³/mol. The third kappa shape index (κ3) is 3.99. The molecule has 0 aliphatic rings. The van der Waals surface area contributed by atoms with Gasteiger partial charge < -0.3 is 10.5 Å². The molecule has 2 rings (SSSR count).